The largest absolute Gasteiger partial charge is 0.365 e. The Balaban J connectivity index is 1.33. The Morgan fingerprint density at radius 1 is 1.00 bits per heavy atom. The fourth-order valence-corrected chi connectivity index (χ4v) is 5.61. The van der Waals surface area contributed by atoms with Crippen LogP contribution in [-0.4, -0.2) is 52.0 Å². The van der Waals surface area contributed by atoms with Crippen LogP contribution in [0.4, 0.5) is 5.69 Å². The molecule has 0 radical (unpaired) electrons. The third-order valence-corrected chi connectivity index (χ3v) is 7.33. The summed E-state index contributed by atoms with van der Waals surface area (Å²) in [5.74, 6) is 0.230. The summed E-state index contributed by atoms with van der Waals surface area (Å²) < 4.78 is 1.89. The van der Waals surface area contributed by atoms with Crippen molar-refractivity contribution in [2.45, 2.75) is 53.5 Å². The Bertz CT molecular complexity index is 1290. The Morgan fingerprint density at radius 2 is 1.74 bits per heavy atom. The number of ketones is 1. The number of benzene rings is 2. The molecule has 0 N–H and O–H groups in total. The minimum absolute atomic E-state index is 0.0577. The summed E-state index contributed by atoms with van der Waals surface area (Å²) in [6, 6.07) is 16.4. The van der Waals surface area contributed by atoms with E-state index in [1.807, 2.05) is 40.8 Å². The molecule has 1 aliphatic heterocycles. The van der Waals surface area contributed by atoms with Crippen molar-refractivity contribution in [2.24, 2.45) is 5.41 Å². The normalized spacial score (nSPS) is 19.6. The smallest absolute Gasteiger partial charge is 0.253 e. The van der Waals surface area contributed by atoms with Crippen molar-refractivity contribution in [3.63, 3.8) is 0 Å². The third-order valence-electron chi connectivity index (χ3n) is 7.33. The van der Waals surface area contributed by atoms with E-state index >= 15 is 0 Å². The van der Waals surface area contributed by atoms with E-state index < -0.39 is 0 Å². The number of fused-ring (bicyclic) bond motifs is 1. The van der Waals surface area contributed by atoms with Gasteiger partial charge in [0.1, 0.15) is 0 Å². The highest BCUT2D eigenvalue weighted by atomic mass is 16.2. The van der Waals surface area contributed by atoms with E-state index in [-0.39, 0.29) is 23.1 Å². The van der Waals surface area contributed by atoms with Crippen LogP contribution in [0.2, 0.25) is 0 Å². The fourth-order valence-electron chi connectivity index (χ4n) is 5.61. The molecule has 1 aliphatic carbocycles. The van der Waals surface area contributed by atoms with Crippen LogP contribution in [0.1, 0.15) is 64.9 Å². The van der Waals surface area contributed by atoms with Crippen molar-refractivity contribution in [3.8, 4) is 5.69 Å². The zero-order valence-electron chi connectivity index (χ0n) is 21.3. The van der Waals surface area contributed by atoms with Gasteiger partial charge in [-0.1, -0.05) is 26.0 Å². The molecule has 182 valence electrons. The summed E-state index contributed by atoms with van der Waals surface area (Å²) >= 11 is 0. The standard InChI is InChI=1S/C29H34N4O2/c1-19-7-6-8-24(15-19)32-14-13-31(18-20(32)2)28(35)22-9-11-23(12-10-22)33-25-16-29(4,5)17-26(34)27(25)21(3)30-33/h6-12,15,20H,13-14,16-18H2,1-5H3/t20-/m0/s1. The lowest BCUT2D eigenvalue weighted by molar-refractivity contribution is 0.0726. The average Bonchev–Trinajstić information content (AvgIpc) is 3.13. The van der Waals surface area contributed by atoms with Crippen LogP contribution < -0.4 is 4.90 Å². The van der Waals surface area contributed by atoms with Crippen molar-refractivity contribution in [1.29, 1.82) is 0 Å². The Labute approximate surface area is 207 Å². The molecule has 3 aromatic rings. The van der Waals surface area contributed by atoms with Crippen LogP contribution in [0, 0.1) is 19.3 Å². The molecule has 0 saturated carbocycles. The van der Waals surface area contributed by atoms with Gasteiger partial charge in [0.2, 0.25) is 0 Å². The predicted octanol–water partition coefficient (Wildman–Crippen LogP) is 5.00. The van der Waals surface area contributed by atoms with Crippen molar-refractivity contribution >= 4 is 17.4 Å². The number of anilines is 1. The number of nitrogens with zero attached hydrogens (tertiary/aromatic N) is 4. The van der Waals surface area contributed by atoms with Gasteiger partial charge in [0, 0.05) is 43.3 Å². The maximum atomic E-state index is 13.3. The lowest BCUT2D eigenvalue weighted by Crippen LogP contribution is -2.53. The zero-order valence-corrected chi connectivity index (χ0v) is 21.3. The van der Waals surface area contributed by atoms with Gasteiger partial charge in [0.25, 0.3) is 5.91 Å². The monoisotopic (exact) mass is 470 g/mol. The molecule has 1 amide bonds. The lowest BCUT2D eigenvalue weighted by atomic mass is 9.75. The summed E-state index contributed by atoms with van der Waals surface area (Å²) in [6.45, 7) is 12.6. The topological polar surface area (TPSA) is 58.4 Å². The molecule has 1 fully saturated rings. The van der Waals surface area contributed by atoms with Crippen molar-refractivity contribution in [3.05, 3.63) is 76.6 Å². The number of Topliss-reactive ketones (excluding diaryl/α,β-unsaturated/α-hetero) is 1. The summed E-state index contributed by atoms with van der Waals surface area (Å²) in [4.78, 5) is 30.4. The van der Waals surface area contributed by atoms with Gasteiger partial charge in [0.05, 0.1) is 22.6 Å². The number of hydrogen-bond acceptors (Lipinski definition) is 4. The highest BCUT2D eigenvalue weighted by Gasteiger charge is 2.36. The number of aromatic nitrogens is 2. The Kier molecular flexibility index (Phi) is 5.78. The molecule has 6 nitrogen and oxygen atoms in total. The van der Waals surface area contributed by atoms with Crippen LogP contribution in [0.15, 0.2) is 48.5 Å². The van der Waals surface area contributed by atoms with Crippen LogP contribution in [0.3, 0.4) is 0 Å². The molecule has 35 heavy (non-hydrogen) atoms. The average molecular weight is 471 g/mol. The van der Waals surface area contributed by atoms with Crippen LogP contribution in [0.25, 0.3) is 5.69 Å². The first-order valence-electron chi connectivity index (χ1n) is 12.5. The van der Waals surface area contributed by atoms with Crippen LogP contribution in [0.5, 0.6) is 0 Å². The molecule has 1 saturated heterocycles. The quantitative estimate of drug-likeness (QED) is 0.541. The molecule has 0 bridgehead atoms. The van der Waals surface area contributed by atoms with Gasteiger partial charge in [-0.05, 0) is 74.6 Å². The summed E-state index contributed by atoms with van der Waals surface area (Å²) in [6.07, 6.45) is 1.36. The number of aryl methyl sites for hydroxylation is 2. The van der Waals surface area contributed by atoms with E-state index in [0.29, 0.717) is 25.1 Å². The van der Waals surface area contributed by atoms with E-state index in [1.54, 1.807) is 0 Å². The molecular formula is C29H34N4O2. The predicted molar refractivity (Wildman–Crippen MR) is 139 cm³/mol. The summed E-state index contributed by atoms with van der Waals surface area (Å²) in [5.41, 5.74) is 6.47. The lowest BCUT2D eigenvalue weighted by Gasteiger charge is -2.41. The van der Waals surface area contributed by atoms with Gasteiger partial charge in [-0.3, -0.25) is 9.59 Å². The molecule has 5 rings (SSSR count). The van der Waals surface area contributed by atoms with E-state index in [0.717, 1.165) is 35.6 Å². The maximum absolute atomic E-state index is 13.3. The van der Waals surface area contributed by atoms with Crippen LogP contribution >= 0.6 is 0 Å². The number of rotatable bonds is 3. The Hall–Kier alpha value is -3.41. The summed E-state index contributed by atoms with van der Waals surface area (Å²) in [5, 5.41) is 4.69. The van der Waals surface area contributed by atoms with E-state index in [9.17, 15) is 9.59 Å². The second-order valence-electron chi connectivity index (χ2n) is 10.9. The third kappa shape index (κ3) is 4.38. The molecule has 2 aromatic carbocycles. The highest BCUT2D eigenvalue weighted by molar-refractivity contribution is 6.00. The minimum Gasteiger partial charge on any atom is -0.365 e. The molecule has 2 heterocycles. The molecule has 1 aromatic heterocycles. The molecular weight excluding hydrogens is 436 g/mol. The number of carbonyl (C=O) groups is 2. The SMILES string of the molecule is Cc1cccc(N2CCN(C(=O)c3ccc(-n4nc(C)c5c4CC(C)(C)CC5=O)cc3)C[C@@H]2C)c1. The highest BCUT2D eigenvalue weighted by Crippen LogP contribution is 2.37. The van der Waals surface area contributed by atoms with Gasteiger partial charge in [-0.15, -0.1) is 0 Å². The molecule has 2 aliphatic rings. The fraction of sp³-hybridized carbons (Fsp3) is 0.414. The van der Waals surface area contributed by atoms with Gasteiger partial charge in [-0.25, -0.2) is 4.68 Å². The van der Waals surface area contributed by atoms with E-state index in [2.05, 4.69) is 56.9 Å². The van der Waals surface area contributed by atoms with Crippen molar-refractivity contribution < 1.29 is 9.59 Å². The maximum Gasteiger partial charge on any atom is 0.253 e. The number of amides is 1. The van der Waals surface area contributed by atoms with Crippen molar-refractivity contribution in [2.75, 3.05) is 24.5 Å². The minimum atomic E-state index is -0.0818. The van der Waals surface area contributed by atoms with Gasteiger partial charge in [0.15, 0.2) is 5.78 Å². The number of piperazine rings is 1. The van der Waals surface area contributed by atoms with Crippen LogP contribution in [-0.2, 0) is 6.42 Å². The zero-order chi connectivity index (χ0) is 24.9. The number of carbonyl (C=O) groups excluding carboxylic acids is 2. The second-order valence-corrected chi connectivity index (χ2v) is 10.9. The molecule has 6 heteroatoms. The number of hydrogen-bond donors (Lipinski definition) is 0. The first kappa shape index (κ1) is 23.3. The molecule has 0 unspecified atom stereocenters. The van der Waals surface area contributed by atoms with Gasteiger partial charge in [-0.2, -0.15) is 5.10 Å². The first-order valence-corrected chi connectivity index (χ1v) is 12.5. The first-order chi connectivity index (χ1) is 16.6. The van der Waals surface area contributed by atoms with Gasteiger partial charge < -0.3 is 9.80 Å². The molecule has 0 spiro atoms. The van der Waals surface area contributed by atoms with Crippen molar-refractivity contribution in [1.82, 2.24) is 14.7 Å². The van der Waals surface area contributed by atoms with E-state index in [1.165, 1.54) is 11.3 Å². The van der Waals surface area contributed by atoms with E-state index in [4.69, 9.17) is 5.10 Å². The summed E-state index contributed by atoms with van der Waals surface area (Å²) in [7, 11) is 0. The van der Waals surface area contributed by atoms with Gasteiger partial charge >= 0.3 is 0 Å². The second kappa shape index (κ2) is 8.67. The molecule has 1 atom stereocenters. The Morgan fingerprint density at radius 3 is 2.43 bits per heavy atom.